The van der Waals surface area contributed by atoms with Gasteiger partial charge in [0.15, 0.2) is 11.6 Å². The van der Waals surface area contributed by atoms with Gasteiger partial charge in [-0.2, -0.15) is 0 Å². The minimum absolute atomic E-state index is 0.277. The highest BCUT2D eigenvalue weighted by Crippen LogP contribution is 2.22. The number of ether oxygens (including phenoxy) is 1. The zero-order chi connectivity index (χ0) is 12.0. The summed E-state index contributed by atoms with van der Waals surface area (Å²) in [6.07, 6.45) is 2.00. The van der Waals surface area contributed by atoms with Gasteiger partial charge in [0.25, 0.3) is 0 Å². The van der Waals surface area contributed by atoms with E-state index in [0.29, 0.717) is 6.54 Å². The van der Waals surface area contributed by atoms with Gasteiger partial charge >= 0.3 is 0 Å². The van der Waals surface area contributed by atoms with Crippen LogP contribution in [0.4, 0.5) is 10.1 Å². The molecule has 0 heterocycles. The van der Waals surface area contributed by atoms with Crippen molar-refractivity contribution in [1.82, 2.24) is 0 Å². The van der Waals surface area contributed by atoms with E-state index in [1.54, 1.807) is 6.07 Å². The molecule has 0 amide bonds. The molecule has 0 atom stereocenters. The SMILES string of the molecule is COc1ccc(N(C)CCCCN)cc1F. The number of nitrogens with two attached hydrogens (primary N) is 1. The van der Waals surface area contributed by atoms with E-state index in [-0.39, 0.29) is 11.6 Å². The van der Waals surface area contributed by atoms with Gasteiger partial charge in [-0.05, 0) is 31.5 Å². The van der Waals surface area contributed by atoms with Crippen LogP contribution in [-0.4, -0.2) is 27.2 Å². The summed E-state index contributed by atoms with van der Waals surface area (Å²) >= 11 is 0. The molecule has 4 heteroatoms. The lowest BCUT2D eigenvalue weighted by atomic mass is 10.2. The van der Waals surface area contributed by atoms with Crippen molar-refractivity contribution in [2.24, 2.45) is 5.73 Å². The predicted molar refractivity (Wildman–Crippen MR) is 64.5 cm³/mol. The Hall–Kier alpha value is -1.29. The summed E-state index contributed by atoms with van der Waals surface area (Å²) in [5.74, 6) is -0.0511. The number of benzene rings is 1. The summed E-state index contributed by atoms with van der Waals surface area (Å²) in [6, 6.07) is 4.98. The summed E-state index contributed by atoms with van der Waals surface area (Å²) < 4.78 is 18.3. The van der Waals surface area contributed by atoms with E-state index < -0.39 is 0 Å². The number of anilines is 1. The van der Waals surface area contributed by atoms with Crippen molar-refractivity contribution in [3.8, 4) is 5.75 Å². The first kappa shape index (κ1) is 12.8. The van der Waals surface area contributed by atoms with Crippen LogP contribution in [0.1, 0.15) is 12.8 Å². The molecule has 0 saturated heterocycles. The van der Waals surface area contributed by atoms with Crippen LogP contribution in [0.25, 0.3) is 0 Å². The number of unbranched alkanes of at least 4 members (excludes halogenated alkanes) is 1. The van der Waals surface area contributed by atoms with E-state index in [0.717, 1.165) is 25.1 Å². The molecule has 90 valence electrons. The van der Waals surface area contributed by atoms with E-state index in [4.69, 9.17) is 10.5 Å². The van der Waals surface area contributed by atoms with Crippen LogP contribution in [0, 0.1) is 5.82 Å². The van der Waals surface area contributed by atoms with Crippen LogP contribution in [0.15, 0.2) is 18.2 Å². The molecule has 2 N–H and O–H groups in total. The Morgan fingerprint density at radius 1 is 1.38 bits per heavy atom. The van der Waals surface area contributed by atoms with Crippen molar-refractivity contribution in [1.29, 1.82) is 0 Å². The van der Waals surface area contributed by atoms with Gasteiger partial charge in [0.05, 0.1) is 7.11 Å². The van der Waals surface area contributed by atoms with E-state index in [9.17, 15) is 4.39 Å². The van der Waals surface area contributed by atoms with Gasteiger partial charge in [-0.3, -0.25) is 0 Å². The van der Waals surface area contributed by atoms with Gasteiger partial charge in [-0.1, -0.05) is 0 Å². The lowest BCUT2D eigenvalue weighted by molar-refractivity contribution is 0.386. The number of hydrogen-bond donors (Lipinski definition) is 1. The first-order valence-electron chi connectivity index (χ1n) is 5.43. The standard InChI is InChI=1S/C12H19FN2O/c1-15(8-4-3-7-14)10-5-6-12(16-2)11(13)9-10/h5-6,9H,3-4,7-8,14H2,1-2H3. The largest absolute Gasteiger partial charge is 0.494 e. The van der Waals surface area contributed by atoms with Crippen molar-refractivity contribution in [2.75, 3.05) is 32.1 Å². The van der Waals surface area contributed by atoms with Gasteiger partial charge < -0.3 is 15.4 Å². The van der Waals surface area contributed by atoms with E-state index in [1.807, 2.05) is 18.0 Å². The predicted octanol–water partition coefficient (Wildman–Crippen LogP) is 2.01. The maximum absolute atomic E-state index is 13.4. The average molecular weight is 226 g/mol. The molecule has 3 nitrogen and oxygen atoms in total. The molecule has 0 bridgehead atoms. The summed E-state index contributed by atoms with van der Waals surface area (Å²) in [4.78, 5) is 2.01. The van der Waals surface area contributed by atoms with Crippen molar-refractivity contribution in [2.45, 2.75) is 12.8 Å². The third-order valence-electron chi connectivity index (χ3n) is 2.52. The van der Waals surface area contributed by atoms with Gasteiger partial charge in [0, 0.05) is 25.3 Å². The molecule has 16 heavy (non-hydrogen) atoms. The highest BCUT2D eigenvalue weighted by atomic mass is 19.1. The molecule has 0 saturated carbocycles. The summed E-state index contributed by atoms with van der Waals surface area (Å²) in [7, 11) is 3.40. The second-order valence-electron chi connectivity index (χ2n) is 3.74. The van der Waals surface area contributed by atoms with E-state index >= 15 is 0 Å². The maximum Gasteiger partial charge on any atom is 0.167 e. The second-order valence-corrected chi connectivity index (χ2v) is 3.74. The Bertz CT molecular complexity index is 331. The highest BCUT2D eigenvalue weighted by Gasteiger charge is 2.06. The normalized spacial score (nSPS) is 10.2. The van der Waals surface area contributed by atoms with Gasteiger partial charge in [0.1, 0.15) is 0 Å². The first-order valence-corrected chi connectivity index (χ1v) is 5.43. The van der Waals surface area contributed by atoms with Crippen molar-refractivity contribution in [3.05, 3.63) is 24.0 Å². The molecule has 0 spiro atoms. The molecule has 0 aliphatic rings. The summed E-state index contributed by atoms with van der Waals surface area (Å²) in [5.41, 5.74) is 6.28. The fraction of sp³-hybridized carbons (Fsp3) is 0.500. The number of halogens is 1. The monoisotopic (exact) mass is 226 g/mol. The van der Waals surface area contributed by atoms with Crippen LogP contribution in [0.5, 0.6) is 5.75 Å². The molecular formula is C12H19FN2O. The number of rotatable bonds is 6. The Kier molecular flexibility index (Phi) is 5.05. The minimum atomic E-state index is -0.328. The molecule has 0 radical (unpaired) electrons. The zero-order valence-electron chi connectivity index (χ0n) is 9.87. The Morgan fingerprint density at radius 3 is 2.69 bits per heavy atom. The number of hydrogen-bond acceptors (Lipinski definition) is 3. The molecule has 0 aromatic heterocycles. The third-order valence-corrected chi connectivity index (χ3v) is 2.52. The smallest absolute Gasteiger partial charge is 0.167 e. The Morgan fingerprint density at radius 2 is 2.12 bits per heavy atom. The lowest BCUT2D eigenvalue weighted by Crippen LogP contribution is -2.19. The van der Waals surface area contributed by atoms with Gasteiger partial charge in [-0.15, -0.1) is 0 Å². The van der Waals surface area contributed by atoms with Crippen LogP contribution >= 0.6 is 0 Å². The van der Waals surface area contributed by atoms with Crippen LogP contribution < -0.4 is 15.4 Å². The van der Waals surface area contributed by atoms with Crippen LogP contribution in [0.2, 0.25) is 0 Å². The molecule has 0 unspecified atom stereocenters. The van der Waals surface area contributed by atoms with Gasteiger partial charge in [0.2, 0.25) is 0 Å². The first-order chi connectivity index (χ1) is 7.69. The quantitative estimate of drug-likeness (QED) is 0.754. The Balaban J connectivity index is 2.62. The topological polar surface area (TPSA) is 38.5 Å². The molecule has 0 aliphatic carbocycles. The zero-order valence-corrected chi connectivity index (χ0v) is 9.87. The summed E-state index contributed by atoms with van der Waals surface area (Å²) in [6.45, 7) is 1.58. The maximum atomic E-state index is 13.4. The van der Waals surface area contributed by atoms with E-state index in [2.05, 4.69) is 0 Å². The third kappa shape index (κ3) is 3.38. The number of nitrogens with zero attached hydrogens (tertiary/aromatic N) is 1. The minimum Gasteiger partial charge on any atom is -0.494 e. The van der Waals surface area contributed by atoms with Crippen molar-refractivity contribution >= 4 is 5.69 Å². The fourth-order valence-corrected chi connectivity index (χ4v) is 1.52. The molecule has 1 aromatic rings. The molecule has 0 aliphatic heterocycles. The van der Waals surface area contributed by atoms with Crippen LogP contribution in [-0.2, 0) is 0 Å². The fourth-order valence-electron chi connectivity index (χ4n) is 1.52. The molecular weight excluding hydrogens is 207 g/mol. The van der Waals surface area contributed by atoms with Crippen molar-refractivity contribution < 1.29 is 9.13 Å². The molecule has 1 rings (SSSR count). The average Bonchev–Trinajstić information content (AvgIpc) is 2.29. The second kappa shape index (κ2) is 6.33. The lowest BCUT2D eigenvalue weighted by Gasteiger charge is -2.19. The molecule has 0 fully saturated rings. The summed E-state index contributed by atoms with van der Waals surface area (Å²) in [5, 5.41) is 0. The van der Waals surface area contributed by atoms with E-state index in [1.165, 1.54) is 13.2 Å². The van der Waals surface area contributed by atoms with Crippen LogP contribution in [0.3, 0.4) is 0 Å². The number of methoxy groups -OCH3 is 1. The van der Waals surface area contributed by atoms with Crippen molar-refractivity contribution in [3.63, 3.8) is 0 Å². The highest BCUT2D eigenvalue weighted by molar-refractivity contribution is 5.49. The Labute approximate surface area is 96.0 Å². The van der Waals surface area contributed by atoms with Gasteiger partial charge in [-0.25, -0.2) is 4.39 Å². The molecule has 1 aromatic carbocycles.